The Balaban J connectivity index is 2.75. The van der Waals surface area contributed by atoms with Gasteiger partial charge in [0.1, 0.15) is 42.7 Å². The highest BCUT2D eigenvalue weighted by molar-refractivity contribution is 5.57. The Morgan fingerprint density at radius 1 is 1.09 bits per heavy atom. The van der Waals surface area contributed by atoms with Crippen molar-refractivity contribution in [3.05, 3.63) is 0 Å². The van der Waals surface area contributed by atoms with Crippen LogP contribution >= 0.6 is 0 Å². The van der Waals surface area contributed by atoms with Crippen LogP contribution in [-0.2, 0) is 14.3 Å². The molecule has 0 aromatic heterocycles. The summed E-state index contributed by atoms with van der Waals surface area (Å²) in [5, 5.41) is 66.1. The zero-order valence-electron chi connectivity index (χ0n) is 11.8. The van der Waals surface area contributed by atoms with Gasteiger partial charge in [-0.25, -0.2) is 0 Å². The number of aliphatic hydroxyl groups is 7. The van der Waals surface area contributed by atoms with Crippen molar-refractivity contribution >= 4 is 6.29 Å². The van der Waals surface area contributed by atoms with Gasteiger partial charge in [0.05, 0.1) is 12.7 Å². The van der Waals surface area contributed by atoms with E-state index >= 15 is 0 Å². The summed E-state index contributed by atoms with van der Waals surface area (Å²) in [5.74, 6) is 0. The van der Waals surface area contributed by atoms with Crippen LogP contribution in [0.3, 0.4) is 0 Å². The molecule has 22 heavy (non-hydrogen) atoms. The molecule has 1 aliphatic heterocycles. The first-order chi connectivity index (χ1) is 10.2. The molecule has 0 aliphatic carbocycles. The van der Waals surface area contributed by atoms with E-state index in [4.69, 9.17) is 14.6 Å². The number of carbonyl (C=O) groups excluding carboxylic acids is 1. The van der Waals surface area contributed by atoms with Crippen LogP contribution in [0, 0.1) is 0 Å². The Bertz CT molecular complexity index is 353. The fourth-order valence-corrected chi connectivity index (χ4v) is 2.00. The summed E-state index contributed by atoms with van der Waals surface area (Å²) in [6, 6.07) is 0. The molecule has 0 radical (unpaired) electrons. The van der Waals surface area contributed by atoms with Gasteiger partial charge < -0.3 is 50.0 Å². The van der Waals surface area contributed by atoms with Crippen molar-refractivity contribution in [2.75, 3.05) is 6.61 Å². The molecule has 1 aliphatic rings. The van der Waals surface area contributed by atoms with Crippen LogP contribution in [0.5, 0.6) is 0 Å². The number of hydrogen-bond donors (Lipinski definition) is 7. The normalized spacial score (nSPS) is 38.1. The van der Waals surface area contributed by atoms with Crippen molar-refractivity contribution in [1.29, 1.82) is 0 Å². The van der Waals surface area contributed by atoms with Gasteiger partial charge in [-0.1, -0.05) is 0 Å². The van der Waals surface area contributed by atoms with Crippen molar-refractivity contribution in [1.82, 2.24) is 0 Å². The quantitative estimate of drug-likeness (QED) is 0.225. The van der Waals surface area contributed by atoms with Gasteiger partial charge in [-0.2, -0.15) is 0 Å². The molecule has 0 aromatic carbocycles. The molecule has 1 saturated heterocycles. The zero-order valence-corrected chi connectivity index (χ0v) is 11.8. The van der Waals surface area contributed by atoms with Gasteiger partial charge in [-0.15, -0.1) is 0 Å². The van der Waals surface area contributed by atoms with Crippen LogP contribution in [-0.4, -0.2) is 104 Å². The molecule has 10 nitrogen and oxygen atoms in total. The highest BCUT2D eigenvalue weighted by Gasteiger charge is 2.44. The second kappa shape index (κ2) is 8.24. The lowest BCUT2D eigenvalue weighted by molar-refractivity contribution is -0.308. The van der Waals surface area contributed by atoms with Gasteiger partial charge in [-0.3, -0.25) is 0 Å². The summed E-state index contributed by atoms with van der Waals surface area (Å²) in [7, 11) is 0. The first-order valence-electron chi connectivity index (χ1n) is 6.70. The van der Waals surface area contributed by atoms with Gasteiger partial charge >= 0.3 is 0 Å². The molecule has 0 saturated carbocycles. The standard InChI is InChI=1S/C12H22O10/c1-4-7(16)10(19)11(20)12(21-4)22-6(3-14)9(18)8(17)5(15)2-13/h3-13,15-20H,2H2,1H3/t4-,5+,6-,7-,8+,9+,10+,11+,12?/m0/s1. The molecule has 1 unspecified atom stereocenters. The molecule has 7 N–H and O–H groups in total. The molecule has 1 rings (SSSR count). The van der Waals surface area contributed by atoms with Crippen LogP contribution in [0.15, 0.2) is 0 Å². The lowest BCUT2D eigenvalue weighted by Gasteiger charge is -2.40. The minimum absolute atomic E-state index is 0.107. The predicted octanol–water partition coefficient (Wildman–Crippen LogP) is -4.53. The average molecular weight is 326 g/mol. The topological polar surface area (TPSA) is 177 Å². The minimum atomic E-state index is -1.91. The van der Waals surface area contributed by atoms with Crippen LogP contribution < -0.4 is 0 Å². The molecule has 0 aromatic rings. The molecule has 130 valence electrons. The van der Waals surface area contributed by atoms with Gasteiger partial charge in [0, 0.05) is 0 Å². The maximum atomic E-state index is 11.0. The third kappa shape index (κ3) is 4.19. The van der Waals surface area contributed by atoms with E-state index in [1.807, 2.05) is 0 Å². The highest BCUT2D eigenvalue weighted by Crippen LogP contribution is 2.23. The highest BCUT2D eigenvalue weighted by atomic mass is 16.7. The Morgan fingerprint density at radius 2 is 1.68 bits per heavy atom. The number of rotatable bonds is 7. The largest absolute Gasteiger partial charge is 0.394 e. The first kappa shape index (κ1) is 19.4. The van der Waals surface area contributed by atoms with Crippen molar-refractivity contribution < 1.29 is 50.0 Å². The molecule has 9 atom stereocenters. The molecule has 1 heterocycles. The van der Waals surface area contributed by atoms with Crippen LogP contribution in [0.2, 0.25) is 0 Å². The Labute approximate surface area is 126 Å². The zero-order chi connectivity index (χ0) is 17.0. The van der Waals surface area contributed by atoms with E-state index in [-0.39, 0.29) is 6.29 Å². The fourth-order valence-electron chi connectivity index (χ4n) is 2.00. The number of aliphatic hydroxyl groups excluding tert-OH is 7. The number of ether oxygens (including phenoxy) is 2. The van der Waals surface area contributed by atoms with E-state index in [0.29, 0.717) is 0 Å². The summed E-state index contributed by atoms with van der Waals surface area (Å²) in [5.41, 5.74) is 0. The van der Waals surface area contributed by atoms with E-state index < -0.39 is 61.7 Å². The predicted molar refractivity (Wildman–Crippen MR) is 68.4 cm³/mol. The second-order valence-electron chi connectivity index (χ2n) is 5.15. The van der Waals surface area contributed by atoms with Crippen LogP contribution in [0.1, 0.15) is 6.92 Å². The van der Waals surface area contributed by atoms with E-state index in [1.165, 1.54) is 6.92 Å². The average Bonchev–Trinajstić information content (AvgIpc) is 2.52. The van der Waals surface area contributed by atoms with Gasteiger partial charge in [-0.05, 0) is 6.92 Å². The van der Waals surface area contributed by atoms with E-state index in [2.05, 4.69) is 0 Å². The number of hydrogen-bond acceptors (Lipinski definition) is 10. The van der Waals surface area contributed by atoms with Crippen molar-refractivity contribution in [3.8, 4) is 0 Å². The fraction of sp³-hybridized carbons (Fsp3) is 0.917. The van der Waals surface area contributed by atoms with Crippen molar-refractivity contribution in [2.24, 2.45) is 0 Å². The molecule has 1 fully saturated rings. The minimum Gasteiger partial charge on any atom is -0.394 e. The van der Waals surface area contributed by atoms with E-state index in [1.54, 1.807) is 0 Å². The Morgan fingerprint density at radius 3 is 2.18 bits per heavy atom. The monoisotopic (exact) mass is 326 g/mol. The van der Waals surface area contributed by atoms with Crippen LogP contribution in [0.4, 0.5) is 0 Å². The van der Waals surface area contributed by atoms with Gasteiger partial charge in [0.15, 0.2) is 12.6 Å². The third-order valence-corrected chi connectivity index (χ3v) is 3.50. The smallest absolute Gasteiger partial charge is 0.187 e. The molecule has 0 amide bonds. The molecular weight excluding hydrogens is 304 g/mol. The second-order valence-corrected chi connectivity index (χ2v) is 5.15. The Hall–Kier alpha value is -0.690. The lowest BCUT2D eigenvalue weighted by atomic mass is 9.99. The number of carbonyl (C=O) groups is 1. The molecular formula is C12H22O10. The summed E-state index contributed by atoms with van der Waals surface area (Å²) >= 11 is 0. The summed E-state index contributed by atoms with van der Waals surface area (Å²) in [4.78, 5) is 11.0. The van der Waals surface area contributed by atoms with Gasteiger partial charge in [0.25, 0.3) is 0 Å². The van der Waals surface area contributed by atoms with Crippen molar-refractivity contribution in [3.63, 3.8) is 0 Å². The van der Waals surface area contributed by atoms with Gasteiger partial charge in [0.2, 0.25) is 0 Å². The Kier molecular flexibility index (Phi) is 7.25. The third-order valence-electron chi connectivity index (χ3n) is 3.50. The maximum absolute atomic E-state index is 11.0. The summed E-state index contributed by atoms with van der Waals surface area (Å²) in [6.45, 7) is 0.543. The van der Waals surface area contributed by atoms with Crippen molar-refractivity contribution in [2.45, 2.75) is 62.0 Å². The SMILES string of the molecule is C[C@@H]1OC(O[C@@H](C=O)[C@@H](O)[C@H](O)[C@H](O)CO)[C@H](O)[C@H](O)[C@H]1O. The number of aldehydes is 1. The summed E-state index contributed by atoms with van der Waals surface area (Å²) < 4.78 is 10.1. The molecule has 0 bridgehead atoms. The van der Waals surface area contributed by atoms with E-state index in [0.717, 1.165) is 0 Å². The maximum Gasteiger partial charge on any atom is 0.187 e. The first-order valence-corrected chi connectivity index (χ1v) is 6.70. The van der Waals surface area contributed by atoms with Crippen LogP contribution in [0.25, 0.3) is 0 Å². The summed E-state index contributed by atoms with van der Waals surface area (Å²) in [6.07, 6.45) is -14.2. The lowest BCUT2D eigenvalue weighted by Crippen LogP contribution is -2.59. The molecule has 0 spiro atoms. The molecule has 10 heteroatoms. The van der Waals surface area contributed by atoms with E-state index in [9.17, 15) is 35.4 Å².